The lowest BCUT2D eigenvalue weighted by Crippen LogP contribution is -2.34. The molecule has 150 valence electrons. The van der Waals surface area contributed by atoms with E-state index in [-0.39, 0.29) is 17.4 Å². The zero-order chi connectivity index (χ0) is 20.5. The molecule has 0 bridgehead atoms. The average Bonchev–Trinajstić information content (AvgIpc) is 2.69. The molecule has 0 fully saturated rings. The van der Waals surface area contributed by atoms with Crippen LogP contribution in [0.5, 0.6) is 11.5 Å². The van der Waals surface area contributed by atoms with Gasteiger partial charge in [-0.3, -0.25) is 0 Å². The zero-order valence-corrected chi connectivity index (χ0v) is 17.9. The highest BCUT2D eigenvalue weighted by molar-refractivity contribution is 5.78. The van der Waals surface area contributed by atoms with Crippen molar-refractivity contribution in [2.24, 2.45) is 0 Å². The van der Waals surface area contributed by atoms with Crippen LogP contribution in [0.2, 0.25) is 0 Å². The number of hydrogen-bond donors (Lipinski definition) is 1. The Balaban J connectivity index is 2.16. The SMILES string of the molecule is COc1cc2c(c(OC)c1/C=C/c1ccc(CO)cc1)C(C)(C)CCC2(C)C. The lowest BCUT2D eigenvalue weighted by molar-refractivity contribution is 0.282. The molecule has 1 N–H and O–H groups in total. The van der Waals surface area contributed by atoms with E-state index >= 15 is 0 Å². The summed E-state index contributed by atoms with van der Waals surface area (Å²) in [6.07, 6.45) is 6.41. The number of aliphatic hydroxyl groups is 1. The summed E-state index contributed by atoms with van der Waals surface area (Å²) in [4.78, 5) is 0. The van der Waals surface area contributed by atoms with E-state index in [9.17, 15) is 5.11 Å². The molecule has 2 aromatic carbocycles. The van der Waals surface area contributed by atoms with Gasteiger partial charge in [-0.1, -0.05) is 58.0 Å². The summed E-state index contributed by atoms with van der Waals surface area (Å²) >= 11 is 0. The lowest BCUT2D eigenvalue weighted by Gasteiger charge is -2.43. The van der Waals surface area contributed by atoms with Gasteiger partial charge >= 0.3 is 0 Å². The first-order valence-corrected chi connectivity index (χ1v) is 9.91. The van der Waals surface area contributed by atoms with Crippen LogP contribution in [0.25, 0.3) is 12.2 Å². The van der Waals surface area contributed by atoms with Gasteiger partial charge < -0.3 is 14.6 Å². The highest BCUT2D eigenvalue weighted by Gasteiger charge is 2.40. The van der Waals surface area contributed by atoms with Gasteiger partial charge in [-0.05, 0) is 52.5 Å². The number of ether oxygens (including phenoxy) is 2. The summed E-state index contributed by atoms with van der Waals surface area (Å²) in [6, 6.07) is 10.1. The molecule has 0 unspecified atom stereocenters. The van der Waals surface area contributed by atoms with Crippen LogP contribution in [0.1, 0.15) is 68.4 Å². The average molecular weight is 381 g/mol. The summed E-state index contributed by atoms with van der Waals surface area (Å²) in [5.41, 5.74) is 5.70. The molecule has 0 radical (unpaired) electrons. The van der Waals surface area contributed by atoms with Gasteiger partial charge in [0.25, 0.3) is 0 Å². The van der Waals surface area contributed by atoms with Gasteiger partial charge in [0.2, 0.25) is 0 Å². The van der Waals surface area contributed by atoms with Crippen LogP contribution in [0, 0.1) is 0 Å². The normalized spacial score (nSPS) is 17.4. The second-order valence-electron chi connectivity index (χ2n) is 8.95. The van der Waals surface area contributed by atoms with Gasteiger partial charge in [0, 0.05) is 5.56 Å². The van der Waals surface area contributed by atoms with Crippen molar-refractivity contribution >= 4 is 12.2 Å². The monoisotopic (exact) mass is 380 g/mol. The maximum Gasteiger partial charge on any atom is 0.133 e. The first-order valence-electron chi connectivity index (χ1n) is 9.91. The van der Waals surface area contributed by atoms with E-state index in [1.807, 2.05) is 24.3 Å². The Hall–Kier alpha value is -2.26. The highest BCUT2D eigenvalue weighted by Crippen LogP contribution is 2.52. The van der Waals surface area contributed by atoms with Crippen LogP contribution in [0.15, 0.2) is 30.3 Å². The maximum absolute atomic E-state index is 9.23. The summed E-state index contributed by atoms with van der Waals surface area (Å²) < 4.78 is 11.8. The Morgan fingerprint density at radius 3 is 2.14 bits per heavy atom. The molecule has 2 aromatic rings. The Kier molecular flexibility index (Phi) is 5.58. The van der Waals surface area contributed by atoms with E-state index in [1.165, 1.54) is 11.1 Å². The van der Waals surface area contributed by atoms with Crippen LogP contribution in [-0.2, 0) is 17.4 Å². The largest absolute Gasteiger partial charge is 0.496 e. The van der Waals surface area contributed by atoms with Crippen molar-refractivity contribution in [3.8, 4) is 11.5 Å². The van der Waals surface area contributed by atoms with Crippen LogP contribution in [0.4, 0.5) is 0 Å². The van der Waals surface area contributed by atoms with Crippen LogP contribution < -0.4 is 9.47 Å². The van der Waals surface area contributed by atoms with Crippen LogP contribution in [-0.4, -0.2) is 19.3 Å². The molecule has 3 nitrogen and oxygen atoms in total. The minimum Gasteiger partial charge on any atom is -0.496 e. The van der Waals surface area contributed by atoms with E-state index in [4.69, 9.17) is 9.47 Å². The zero-order valence-electron chi connectivity index (χ0n) is 17.9. The van der Waals surface area contributed by atoms with E-state index in [2.05, 4.69) is 45.9 Å². The molecule has 3 heteroatoms. The molecule has 1 aliphatic rings. The number of methoxy groups -OCH3 is 2. The number of rotatable bonds is 5. The molecule has 0 saturated heterocycles. The third kappa shape index (κ3) is 3.68. The minimum absolute atomic E-state index is 0.0494. The first kappa shape index (κ1) is 20.5. The maximum atomic E-state index is 9.23. The van der Waals surface area contributed by atoms with Crippen molar-refractivity contribution in [1.29, 1.82) is 0 Å². The Labute approximate surface area is 169 Å². The minimum atomic E-state index is 0.0494. The Morgan fingerprint density at radius 2 is 1.57 bits per heavy atom. The van der Waals surface area contributed by atoms with Crippen molar-refractivity contribution < 1.29 is 14.6 Å². The van der Waals surface area contributed by atoms with E-state index < -0.39 is 0 Å². The molecular weight excluding hydrogens is 348 g/mol. The fraction of sp³-hybridized carbons (Fsp3) is 0.440. The van der Waals surface area contributed by atoms with Crippen molar-refractivity contribution in [2.75, 3.05) is 14.2 Å². The predicted octanol–water partition coefficient (Wildman–Crippen LogP) is 5.72. The predicted molar refractivity (Wildman–Crippen MR) is 116 cm³/mol. The van der Waals surface area contributed by atoms with E-state index in [1.54, 1.807) is 14.2 Å². The molecule has 0 atom stereocenters. The van der Waals surface area contributed by atoms with Gasteiger partial charge in [0.05, 0.1) is 26.4 Å². The molecule has 0 spiro atoms. The Morgan fingerprint density at radius 1 is 0.929 bits per heavy atom. The van der Waals surface area contributed by atoms with Gasteiger partial charge in [0.15, 0.2) is 0 Å². The quantitative estimate of drug-likeness (QED) is 0.675. The standard InChI is InChI=1S/C25H32O3/c1-24(2)13-14-25(3,4)22-20(24)15-21(27-5)19(23(22)28-6)12-11-17-7-9-18(16-26)10-8-17/h7-12,15,26H,13-14,16H2,1-6H3/b12-11+. The van der Waals surface area contributed by atoms with Gasteiger partial charge in [-0.25, -0.2) is 0 Å². The smallest absolute Gasteiger partial charge is 0.133 e. The highest BCUT2D eigenvalue weighted by atomic mass is 16.5. The third-order valence-electron chi connectivity index (χ3n) is 6.09. The van der Waals surface area contributed by atoms with Crippen molar-refractivity contribution in [2.45, 2.75) is 58.0 Å². The number of benzene rings is 2. The number of aliphatic hydroxyl groups excluding tert-OH is 1. The topological polar surface area (TPSA) is 38.7 Å². The van der Waals surface area contributed by atoms with E-state index in [0.717, 1.165) is 41.0 Å². The number of hydrogen-bond acceptors (Lipinski definition) is 3. The summed E-state index contributed by atoms with van der Waals surface area (Å²) in [7, 11) is 3.47. The lowest BCUT2D eigenvalue weighted by atomic mass is 9.62. The summed E-state index contributed by atoms with van der Waals surface area (Å²) in [5, 5.41) is 9.23. The molecule has 0 aromatic heterocycles. The molecule has 0 saturated carbocycles. The fourth-order valence-electron chi connectivity index (χ4n) is 4.19. The third-order valence-corrected chi connectivity index (χ3v) is 6.09. The van der Waals surface area contributed by atoms with Crippen LogP contribution >= 0.6 is 0 Å². The molecule has 3 rings (SSSR count). The van der Waals surface area contributed by atoms with Crippen LogP contribution in [0.3, 0.4) is 0 Å². The molecule has 1 aliphatic carbocycles. The summed E-state index contributed by atoms with van der Waals surface area (Å²) in [6.45, 7) is 9.27. The molecule has 0 aliphatic heterocycles. The van der Waals surface area contributed by atoms with E-state index in [0.29, 0.717) is 0 Å². The second-order valence-corrected chi connectivity index (χ2v) is 8.95. The van der Waals surface area contributed by atoms with Crippen molar-refractivity contribution in [1.82, 2.24) is 0 Å². The molecule has 28 heavy (non-hydrogen) atoms. The van der Waals surface area contributed by atoms with Crippen molar-refractivity contribution in [3.05, 3.63) is 58.1 Å². The Bertz CT molecular complexity index is 874. The summed E-state index contributed by atoms with van der Waals surface area (Å²) in [5.74, 6) is 1.75. The second kappa shape index (κ2) is 7.63. The van der Waals surface area contributed by atoms with Crippen molar-refractivity contribution in [3.63, 3.8) is 0 Å². The molecule has 0 amide bonds. The van der Waals surface area contributed by atoms with Gasteiger partial charge in [0.1, 0.15) is 11.5 Å². The molecule has 0 heterocycles. The fourth-order valence-corrected chi connectivity index (χ4v) is 4.19. The van der Waals surface area contributed by atoms with Gasteiger partial charge in [-0.15, -0.1) is 0 Å². The molecular formula is C25H32O3. The first-order chi connectivity index (χ1) is 13.2. The number of fused-ring (bicyclic) bond motifs is 1. The van der Waals surface area contributed by atoms with Gasteiger partial charge in [-0.2, -0.15) is 0 Å².